The molecule has 3 aliphatic rings. The molecule has 0 aromatic rings. The number of ether oxygens (including phenoxy) is 1. The molecule has 0 radical (unpaired) electrons. The summed E-state index contributed by atoms with van der Waals surface area (Å²) in [7, 11) is 0. The zero-order valence-electron chi connectivity index (χ0n) is 11.8. The summed E-state index contributed by atoms with van der Waals surface area (Å²) in [5.41, 5.74) is 0. The number of carbonyl (C=O) groups is 1. The Kier molecular flexibility index (Phi) is 4.38. The quantitative estimate of drug-likeness (QED) is 0.821. The van der Waals surface area contributed by atoms with E-state index in [0.29, 0.717) is 11.9 Å². The number of likely N-dealkylation sites (tertiary alicyclic amines) is 1. The van der Waals surface area contributed by atoms with Gasteiger partial charge in [0, 0.05) is 31.7 Å². The molecule has 3 rings (SSSR count). The maximum atomic E-state index is 12.7. The van der Waals surface area contributed by atoms with Crippen LogP contribution in [0, 0.1) is 11.8 Å². The third-order valence-electron chi connectivity index (χ3n) is 5.08. The van der Waals surface area contributed by atoms with Crippen molar-refractivity contribution in [2.75, 3.05) is 32.8 Å². The summed E-state index contributed by atoms with van der Waals surface area (Å²) in [4.78, 5) is 14.9. The van der Waals surface area contributed by atoms with E-state index < -0.39 is 0 Å². The van der Waals surface area contributed by atoms with E-state index in [9.17, 15) is 4.79 Å². The average molecular weight is 266 g/mol. The van der Waals surface area contributed by atoms with Crippen LogP contribution in [0.5, 0.6) is 0 Å². The molecule has 3 fully saturated rings. The Morgan fingerprint density at radius 2 is 1.79 bits per heavy atom. The second kappa shape index (κ2) is 6.23. The van der Waals surface area contributed by atoms with Crippen LogP contribution in [0.3, 0.4) is 0 Å². The van der Waals surface area contributed by atoms with Crippen LogP contribution >= 0.6 is 0 Å². The molecule has 0 aromatic carbocycles. The minimum atomic E-state index is 0.232. The topological polar surface area (TPSA) is 41.6 Å². The van der Waals surface area contributed by atoms with Gasteiger partial charge in [0.15, 0.2) is 0 Å². The third-order valence-corrected chi connectivity index (χ3v) is 5.08. The van der Waals surface area contributed by atoms with E-state index >= 15 is 0 Å². The lowest BCUT2D eigenvalue weighted by Crippen LogP contribution is -2.46. The first-order valence-corrected chi connectivity index (χ1v) is 7.95. The second-order valence-corrected chi connectivity index (χ2v) is 6.22. The van der Waals surface area contributed by atoms with Crippen molar-refractivity contribution in [3.8, 4) is 0 Å². The molecule has 19 heavy (non-hydrogen) atoms. The van der Waals surface area contributed by atoms with Gasteiger partial charge in [-0.2, -0.15) is 0 Å². The van der Waals surface area contributed by atoms with Crippen LogP contribution in [0.25, 0.3) is 0 Å². The molecule has 3 saturated heterocycles. The van der Waals surface area contributed by atoms with Gasteiger partial charge in [-0.1, -0.05) is 0 Å². The van der Waals surface area contributed by atoms with Gasteiger partial charge in [0.25, 0.3) is 0 Å². The largest absolute Gasteiger partial charge is 0.381 e. The molecular weight excluding hydrogens is 240 g/mol. The van der Waals surface area contributed by atoms with Gasteiger partial charge in [0.2, 0.25) is 5.91 Å². The summed E-state index contributed by atoms with van der Waals surface area (Å²) >= 11 is 0. The van der Waals surface area contributed by atoms with Crippen molar-refractivity contribution in [3.63, 3.8) is 0 Å². The monoisotopic (exact) mass is 266 g/mol. The molecule has 1 amide bonds. The SMILES string of the molecule is O=C(C1CCOCC1)N1CCCC1C1CCNCC1. The smallest absolute Gasteiger partial charge is 0.226 e. The number of hydrogen-bond acceptors (Lipinski definition) is 3. The van der Waals surface area contributed by atoms with E-state index in [-0.39, 0.29) is 5.92 Å². The van der Waals surface area contributed by atoms with Crippen molar-refractivity contribution < 1.29 is 9.53 Å². The Hall–Kier alpha value is -0.610. The predicted octanol–water partition coefficient (Wildman–Crippen LogP) is 1.40. The molecule has 3 heterocycles. The number of piperidine rings is 1. The van der Waals surface area contributed by atoms with Crippen LogP contribution in [-0.2, 0) is 9.53 Å². The summed E-state index contributed by atoms with van der Waals surface area (Å²) in [6.07, 6.45) is 6.75. The fourth-order valence-corrected chi connectivity index (χ4v) is 3.96. The Bertz CT molecular complexity index is 309. The number of carbonyl (C=O) groups excluding carboxylic acids is 1. The molecule has 4 nitrogen and oxygen atoms in total. The maximum Gasteiger partial charge on any atom is 0.226 e. The van der Waals surface area contributed by atoms with Gasteiger partial charge < -0.3 is 15.0 Å². The zero-order chi connectivity index (χ0) is 13.1. The van der Waals surface area contributed by atoms with Gasteiger partial charge in [0.1, 0.15) is 0 Å². The van der Waals surface area contributed by atoms with Crippen LogP contribution in [-0.4, -0.2) is 49.7 Å². The van der Waals surface area contributed by atoms with E-state index in [1.807, 2.05) is 0 Å². The normalized spacial score (nSPS) is 30.7. The average Bonchev–Trinajstić information content (AvgIpc) is 2.98. The molecule has 0 bridgehead atoms. The Balaban J connectivity index is 1.62. The Labute approximate surface area is 115 Å². The third kappa shape index (κ3) is 2.95. The van der Waals surface area contributed by atoms with Crippen LogP contribution < -0.4 is 5.32 Å². The highest BCUT2D eigenvalue weighted by atomic mass is 16.5. The van der Waals surface area contributed by atoms with Gasteiger partial charge in [-0.05, 0) is 57.5 Å². The van der Waals surface area contributed by atoms with Crippen molar-refractivity contribution in [1.82, 2.24) is 10.2 Å². The number of nitrogens with zero attached hydrogens (tertiary/aromatic N) is 1. The van der Waals surface area contributed by atoms with Gasteiger partial charge in [0.05, 0.1) is 0 Å². The van der Waals surface area contributed by atoms with Crippen LogP contribution in [0.1, 0.15) is 38.5 Å². The standard InChI is InChI=1S/C15H26N2O2/c18-15(13-5-10-19-11-6-13)17-9-1-2-14(17)12-3-7-16-8-4-12/h12-14,16H,1-11H2. The summed E-state index contributed by atoms with van der Waals surface area (Å²) in [6.45, 7) is 4.77. The molecule has 0 saturated carbocycles. The first kappa shape index (κ1) is 13.4. The molecule has 1 unspecified atom stereocenters. The molecule has 1 N–H and O–H groups in total. The second-order valence-electron chi connectivity index (χ2n) is 6.22. The lowest BCUT2D eigenvalue weighted by Gasteiger charge is -2.36. The van der Waals surface area contributed by atoms with Crippen LogP contribution in [0.15, 0.2) is 0 Å². The van der Waals surface area contributed by atoms with Crippen LogP contribution in [0.4, 0.5) is 0 Å². The Morgan fingerprint density at radius 3 is 2.53 bits per heavy atom. The van der Waals surface area contributed by atoms with E-state index in [2.05, 4.69) is 10.2 Å². The van der Waals surface area contributed by atoms with Gasteiger partial charge in [-0.25, -0.2) is 0 Å². The number of hydrogen-bond donors (Lipinski definition) is 1. The molecule has 1 atom stereocenters. The molecule has 108 valence electrons. The van der Waals surface area contributed by atoms with Crippen molar-refractivity contribution >= 4 is 5.91 Å². The predicted molar refractivity (Wildman–Crippen MR) is 73.9 cm³/mol. The first-order valence-electron chi connectivity index (χ1n) is 7.95. The van der Waals surface area contributed by atoms with Gasteiger partial charge >= 0.3 is 0 Å². The van der Waals surface area contributed by atoms with Gasteiger partial charge in [-0.15, -0.1) is 0 Å². The highest BCUT2D eigenvalue weighted by molar-refractivity contribution is 5.79. The highest BCUT2D eigenvalue weighted by Gasteiger charge is 2.37. The van der Waals surface area contributed by atoms with Gasteiger partial charge in [-0.3, -0.25) is 4.79 Å². The van der Waals surface area contributed by atoms with E-state index in [1.165, 1.54) is 25.7 Å². The highest BCUT2D eigenvalue weighted by Crippen LogP contribution is 2.32. The van der Waals surface area contributed by atoms with E-state index in [0.717, 1.165) is 51.6 Å². The fourth-order valence-electron chi connectivity index (χ4n) is 3.96. The molecule has 0 aliphatic carbocycles. The fraction of sp³-hybridized carbons (Fsp3) is 0.933. The van der Waals surface area contributed by atoms with Crippen molar-refractivity contribution in [2.24, 2.45) is 11.8 Å². The van der Waals surface area contributed by atoms with E-state index in [1.54, 1.807) is 0 Å². The Morgan fingerprint density at radius 1 is 1.05 bits per heavy atom. The first-order chi connectivity index (χ1) is 9.36. The molecular formula is C15H26N2O2. The summed E-state index contributed by atoms with van der Waals surface area (Å²) < 4.78 is 5.38. The number of nitrogens with one attached hydrogen (secondary N) is 1. The van der Waals surface area contributed by atoms with E-state index in [4.69, 9.17) is 4.74 Å². The van der Waals surface area contributed by atoms with Crippen LogP contribution in [0.2, 0.25) is 0 Å². The number of amides is 1. The van der Waals surface area contributed by atoms with Crippen molar-refractivity contribution in [2.45, 2.75) is 44.6 Å². The molecule has 0 spiro atoms. The zero-order valence-corrected chi connectivity index (χ0v) is 11.8. The maximum absolute atomic E-state index is 12.7. The minimum absolute atomic E-state index is 0.232. The summed E-state index contributed by atoms with van der Waals surface area (Å²) in [6, 6.07) is 0.525. The summed E-state index contributed by atoms with van der Waals surface area (Å²) in [5.74, 6) is 1.38. The molecule has 0 aromatic heterocycles. The number of rotatable bonds is 2. The van der Waals surface area contributed by atoms with Crippen molar-refractivity contribution in [1.29, 1.82) is 0 Å². The molecule has 4 heteroatoms. The lowest BCUT2D eigenvalue weighted by molar-refractivity contribution is -0.140. The minimum Gasteiger partial charge on any atom is -0.381 e. The lowest BCUT2D eigenvalue weighted by atomic mass is 9.88. The summed E-state index contributed by atoms with van der Waals surface area (Å²) in [5, 5.41) is 3.43. The van der Waals surface area contributed by atoms with Crippen molar-refractivity contribution in [3.05, 3.63) is 0 Å². The molecule has 3 aliphatic heterocycles.